The van der Waals surface area contributed by atoms with Crippen molar-refractivity contribution >= 4 is 125 Å². The fraction of sp³-hybridized carbons (Fsp3) is 0.210. The first-order valence-electron chi connectivity index (χ1n) is 35.8. The molecular formula is C81H80N20O7. The Bertz CT molecular complexity index is 5420. The second-order valence-electron chi connectivity index (χ2n) is 26.1. The Morgan fingerprint density at radius 3 is 1.41 bits per heavy atom. The SMILES string of the molecule is C=CC(=O)Nc1cc(Nc2nccc(-n3ccc4ccccc43)n2)c(OCC(=C)C(=O)Nc2cc(Nc3nccc(-n4ccc5ccccc54)n3)c(OC/C=C/C(=O)Nc3cc(Nc4nccc(-n5ccc6ccccc65)n4)c(OC)cc3N3CCN(C(C)=O)CC3)cc2N2CCCCC2)cc1N1CCNCC1. The molecule has 0 unspecified atom stereocenters. The number of nitrogens with zero attached hydrogens (tertiary/aromatic N) is 13. The van der Waals surface area contributed by atoms with Crippen molar-refractivity contribution in [3.63, 3.8) is 0 Å². The Morgan fingerprint density at radius 2 is 0.926 bits per heavy atom. The molecule has 15 rings (SSSR count). The van der Waals surface area contributed by atoms with E-state index in [0.29, 0.717) is 157 Å². The molecule has 3 fully saturated rings. The Hall–Kier alpha value is -13.6. The summed E-state index contributed by atoms with van der Waals surface area (Å²) in [4.78, 5) is 91.8. The number of benzene rings is 6. The molecule has 6 aromatic heterocycles. The summed E-state index contributed by atoms with van der Waals surface area (Å²) >= 11 is 0. The van der Waals surface area contributed by atoms with Gasteiger partial charge in [-0.15, -0.1) is 0 Å². The van der Waals surface area contributed by atoms with Gasteiger partial charge in [-0.25, -0.2) is 15.0 Å². The number of aromatic nitrogens is 9. The molecule has 27 heteroatoms. The maximum absolute atomic E-state index is 14.9. The van der Waals surface area contributed by atoms with Gasteiger partial charge in [-0.3, -0.25) is 19.2 Å². The molecule has 12 aromatic rings. The molecule has 0 saturated carbocycles. The first-order valence-corrected chi connectivity index (χ1v) is 35.8. The molecular weight excluding hydrogens is 1370 g/mol. The highest BCUT2D eigenvalue weighted by Crippen LogP contribution is 2.43. The molecule has 6 aromatic carbocycles. The lowest BCUT2D eigenvalue weighted by Crippen LogP contribution is -2.48. The second kappa shape index (κ2) is 31.8. The van der Waals surface area contributed by atoms with Gasteiger partial charge in [0.2, 0.25) is 35.6 Å². The third-order valence-corrected chi connectivity index (χ3v) is 19.2. The number of ether oxygens (including phenoxy) is 3. The van der Waals surface area contributed by atoms with Gasteiger partial charge >= 0.3 is 0 Å². The van der Waals surface area contributed by atoms with E-state index < -0.39 is 17.7 Å². The topological polar surface area (TPSA) is 285 Å². The van der Waals surface area contributed by atoms with Gasteiger partial charge in [-0.1, -0.05) is 67.8 Å². The number of methoxy groups -OCH3 is 1. The zero-order chi connectivity index (χ0) is 74.0. The maximum atomic E-state index is 14.9. The number of anilines is 12. The number of para-hydroxylation sites is 3. The lowest BCUT2D eigenvalue weighted by atomic mass is 10.1. The molecule has 0 atom stereocenters. The summed E-state index contributed by atoms with van der Waals surface area (Å²) < 4.78 is 25.3. The molecule has 546 valence electrons. The van der Waals surface area contributed by atoms with Crippen LogP contribution >= 0.6 is 0 Å². The summed E-state index contributed by atoms with van der Waals surface area (Å²) in [5.74, 6) is 2.46. The number of amides is 4. The minimum Gasteiger partial charge on any atom is -0.494 e. The van der Waals surface area contributed by atoms with Crippen LogP contribution in [0.15, 0.2) is 220 Å². The molecule has 7 N–H and O–H groups in total. The predicted molar refractivity (Wildman–Crippen MR) is 423 cm³/mol. The van der Waals surface area contributed by atoms with Crippen molar-refractivity contribution < 1.29 is 33.4 Å². The first-order chi connectivity index (χ1) is 52.9. The number of fused-ring (bicyclic) bond motifs is 3. The number of nitrogens with one attached hydrogen (secondary N) is 7. The van der Waals surface area contributed by atoms with Crippen LogP contribution in [-0.2, 0) is 19.2 Å². The molecule has 0 spiro atoms. The summed E-state index contributed by atoms with van der Waals surface area (Å²) in [5, 5.41) is 26.0. The van der Waals surface area contributed by atoms with E-state index in [-0.39, 0.29) is 36.6 Å². The lowest BCUT2D eigenvalue weighted by molar-refractivity contribution is -0.129. The Balaban J connectivity index is 0.719. The van der Waals surface area contributed by atoms with E-state index in [2.05, 4.69) is 80.0 Å². The van der Waals surface area contributed by atoms with Crippen LogP contribution in [0.3, 0.4) is 0 Å². The first kappa shape index (κ1) is 70.1. The summed E-state index contributed by atoms with van der Waals surface area (Å²) in [6.45, 7) is 15.3. The van der Waals surface area contributed by atoms with Crippen molar-refractivity contribution in [2.24, 2.45) is 0 Å². The normalized spacial score (nSPS) is 13.9. The average Bonchev–Trinajstić information content (AvgIpc) is 1.26. The third-order valence-electron chi connectivity index (χ3n) is 19.2. The number of carbonyl (C=O) groups is 4. The zero-order valence-corrected chi connectivity index (χ0v) is 59.7. The van der Waals surface area contributed by atoms with Gasteiger partial charge in [-0.2, -0.15) is 15.0 Å². The van der Waals surface area contributed by atoms with Gasteiger partial charge in [0.05, 0.1) is 74.8 Å². The molecule has 0 bridgehead atoms. The van der Waals surface area contributed by atoms with Crippen LogP contribution in [-0.4, -0.2) is 158 Å². The maximum Gasteiger partial charge on any atom is 0.254 e. The molecule has 27 nitrogen and oxygen atoms in total. The van der Waals surface area contributed by atoms with Crippen molar-refractivity contribution in [1.29, 1.82) is 0 Å². The highest BCUT2D eigenvalue weighted by molar-refractivity contribution is 6.07. The van der Waals surface area contributed by atoms with Gasteiger partial charge in [0.1, 0.15) is 47.9 Å². The van der Waals surface area contributed by atoms with Crippen molar-refractivity contribution in [2.45, 2.75) is 26.2 Å². The van der Waals surface area contributed by atoms with Crippen molar-refractivity contribution in [3.05, 3.63) is 220 Å². The van der Waals surface area contributed by atoms with E-state index in [4.69, 9.17) is 29.2 Å². The molecule has 3 saturated heterocycles. The van der Waals surface area contributed by atoms with Crippen LogP contribution in [0.25, 0.3) is 50.2 Å². The van der Waals surface area contributed by atoms with Gasteiger partial charge in [0.25, 0.3) is 5.91 Å². The molecule has 108 heavy (non-hydrogen) atoms. The van der Waals surface area contributed by atoms with E-state index in [0.717, 1.165) is 52.0 Å². The second-order valence-corrected chi connectivity index (χ2v) is 26.1. The van der Waals surface area contributed by atoms with E-state index in [9.17, 15) is 19.2 Å². The molecule has 9 heterocycles. The minimum atomic E-state index is -0.522. The number of piperidine rings is 1. The summed E-state index contributed by atoms with van der Waals surface area (Å²) in [6, 6.07) is 46.6. The largest absolute Gasteiger partial charge is 0.494 e. The number of piperazine rings is 2. The number of hydrogen-bond donors (Lipinski definition) is 7. The van der Waals surface area contributed by atoms with Gasteiger partial charge in [0.15, 0.2) is 0 Å². The van der Waals surface area contributed by atoms with Crippen molar-refractivity contribution in [2.75, 3.05) is 132 Å². The highest BCUT2D eigenvalue weighted by Gasteiger charge is 2.27. The standard InChI is InChI=1S/C81H80N20O7/c1-5-76(103)86-58-47-63(91-81-85-31-25-75(94-81)101-38-28-57-18-9-12-21-66(57)101)72(51-68(58)97-39-32-82-33-40-97)108-52-53(2)78(105)88-60-48-62(90-80-84-30-24-74(93-80)100-37-27-56-17-8-11-20-65(56)100)71(50-69(60)96-34-13-6-14-35-96)107-45-15-22-77(104)87-59-46-61(70(106-4)49-67(59)98-43-41-95(42-44-98)54(3)102)89-79-83-29-23-73(92-79)99-36-26-55-16-7-10-19-64(55)99/h5,7-12,15-31,36-38,46-51,82H,1-2,6,13-14,32-35,39-45,52H2,3-4H3,(H,86,103)(H,87,104)(H,88,105)(H,83,89,92)(H,84,90,93)(H,85,91,94)/b22-15+. The van der Waals surface area contributed by atoms with Crippen LogP contribution < -0.4 is 66.1 Å². The van der Waals surface area contributed by atoms with Crippen molar-refractivity contribution in [1.82, 2.24) is 53.8 Å². The van der Waals surface area contributed by atoms with E-state index in [1.165, 1.54) is 12.2 Å². The van der Waals surface area contributed by atoms with E-state index in [1.54, 1.807) is 61.8 Å². The minimum absolute atomic E-state index is 0.00982. The molecule has 3 aliphatic heterocycles. The third kappa shape index (κ3) is 15.6. The lowest BCUT2D eigenvalue weighted by Gasteiger charge is -2.36. The fourth-order valence-corrected chi connectivity index (χ4v) is 13.7. The van der Waals surface area contributed by atoms with Crippen LogP contribution in [0, 0.1) is 0 Å². The summed E-state index contributed by atoms with van der Waals surface area (Å²) in [6.07, 6.45) is 18.0. The number of rotatable bonds is 25. The quantitative estimate of drug-likeness (QED) is 0.0262. The molecule has 3 aliphatic rings. The smallest absolute Gasteiger partial charge is 0.254 e. The molecule has 0 aliphatic carbocycles. The van der Waals surface area contributed by atoms with Crippen LogP contribution in [0.1, 0.15) is 26.2 Å². The Morgan fingerprint density at radius 1 is 0.491 bits per heavy atom. The highest BCUT2D eigenvalue weighted by atomic mass is 16.5. The molecule has 4 amide bonds. The predicted octanol–water partition coefficient (Wildman–Crippen LogP) is 12.5. The molecule has 0 radical (unpaired) electrons. The van der Waals surface area contributed by atoms with Crippen LogP contribution in [0.4, 0.5) is 69.0 Å². The van der Waals surface area contributed by atoms with Gasteiger partial charge in [-0.05, 0) is 120 Å². The number of hydrogen-bond acceptors (Lipinski definition) is 20. The van der Waals surface area contributed by atoms with Crippen LogP contribution in [0.5, 0.6) is 17.2 Å². The van der Waals surface area contributed by atoms with Crippen LogP contribution in [0.2, 0.25) is 0 Å². The van der Waals surface area contributed by atoms with E-state index >= 15 is 0 Å². The fourth-order valence-electron chi connectivity index (χ4n) is 13.7. The summed E-state index contributed by atoms with van der Waals surface area (Å²) in [5.41, 5.74) is 7.78. The zero-order valence-electron chi connectivity index (χ0n) is 59.7. The summed E-state index contributed by atoms with van der Waals surface area (Å²) in [7, 11) is 1.58. The van der Waals surface area contributed by atoms with Gasteiger partial charge in [0, 0.05) is 139 Å². The van der Waals surface area contributed by atoms with Crippen molar-refractivity contribution in [3.8, 4) is 34.7 Å². The Labute approximate surface area is 622 Å². The monoisotopic (exact) mass is 1440 g/mol. The average molecular weight is 1450 g/mol. The number of carbonyl (C=O) groups excluding carboxylic acids is 4. The van der Waals surface area contributed by atoms with Gasteiger partial charge < -0.3 is 84.7 Å². The Kier molecular flexibility index (Phi) is 20.7. The van der Waals surface area contributed by atoms with E-state index in [1.807, 2.05) is 160 Å².